The number of rotatable bonds is 0. The van der Waals surface area contributed by atoms with Gasteiger partial charge in [-0.2, -0.15) is 0 Å². The summed E-state index contributed by atoms with van der Waals surface area (Å²) in [4.78, 5) is -2.45. The molecule has 0 heterocycles. The molecule has 5 atom stereocenters. The van der Waals surface area contributed by atoms with Gasteiger partial charge >= 0.3 is 0 Å². The van der Waals surface area contributed by atoms with E-state index in [0.717, 1.165) is 0 Å². The zero-order valence-electron chi connectivity index (χ0n) is 8.03. The van der Waals surface area contributed by atoms with Gasteiger partial charge in [0.25, 0.3) is 0 Å². The monoisotopic (exact) mass is 370 g/mol. The Morgan fingerprint density at radius 2 is 1.41 bits per heavy atom. The lowest BCUT2D eigenvalue weighted by Crippen LogP contribution is -2.45. The number of alkyl halides is 5. The highest BCUT2D eigenvalue weighted by molar-refractivity contribution is 6.66. The molecule has 7 heteroatoms. The number of allylic oxidation sites excluding steroid dienone is 4. The van der Waals surface area contributed by atoms with Gasteiger partial charge in [0.05, 0.1) is 15.4 Å². The molecule has 0 aromatic heterocycles. The van der Waals surface area contributed by atoms with Gasteiger partial charge in [0.2, 0.25) is 0 Å². The molecule has 0 unspecified atom stereocenters. The molecule has 3 aliphatic carbocycles. The summed E-state index contributed by atoms with van der Waals surface area (Å²) in [5.74, 6) is -0.470. The van der Waals surface area contributed by atoms with E-state index < -0.39 is 14.1 Å². The van der Waals surface area contributed by atoms with E-state index in [2.05, 4.69) is 0 Å². The molecule has 0 N–H and O–H groups in total. The summed E-state index contributed by atoms with van der Waals surface area (Å²) >= 11 is 44.5. The van der Waals surface area contributed by atoms with Crippen LogP contribution in [0, 0.1) is 11.8 Å². The Bertz CT molecular complexity index is 467. The fourth-order valence-corrected chi connectivity index (χ4v) is 6.60. The van der Waals surface area contributed by atoms with Crippen LogP contribution in [0.2, 0.25) is 0 Å². The lowest BCUT2D eigenvalue weighted by molar-refractivity contribution is 0.420. The molecule has 0 spiro atoms. The molecule has 17 heavy (non-hydrogen) atoms. The number of fused-ring (bicyclic) bond motifs is 5. The minimum atomic E-state index is -1.48. The average Bonchev–Trinajstić information content (AvgIpc) is 2.73. The molecular weight excluding hydrogens is 368 g/mol. The van der Waals surface area contributed by atoms with Gasteiger partial charge < -0.3 is 0 Å². The van der Waals surface area contributed by atoms with Gasteiger partial charge in [0.1, 0.15) is 9.75 Å². The minimum absolute atomic E-state index is 0.205. The Balaban J connectivity index is 2.32. The summed E-state index contributed by atoms with van der Waals surface area (Å²) in [6.07, 6.45) is 3.69. The maximum Gasteiger partial charge on any atom is 0.167 e. The topological polar surface area (TPSA) is 0 Å². The highest BCUT2D eigenvalue weighted by Gasteiger charge is 2.83. The smallest absolute Gasteiger partial charge is 0.118 e. The van der Waals surface area contributed by atoms with E-state index in [1.165, 1.54) is 0 Å². The van der Waals surface area contributed by atoms with Gasteiger partial charge in [0.15, 0.2) is 4.33 Å². The molecule has 3 aliphatic rings. The van der Waals surface area contributed by atoms with Crippen LogP contribution in [0.3, 0.4) is 0 Å². The van der Waals surface area contributed by atoms with Crippen molar-refractivity contribution in [2.45, 2.75) is 19.5 Å². The highest BCUT2D eigenvalue weighted by atomic mass is 35.5. The molecule has 0 aliphatic heterocycles. The Morgan fingerprint density at radius 1 is 0.882 bits per heavy atom. The second-order valence-electron chi connectivity index (χ2n) is 4.51. The van der Waals surface area contributed by atoms with E-state index in [9.17, 15) is 0 Å². The van der Waals surface area contributed by atoms with Crippen molar-refractivity contribution >= 4 is 81.2 Å². The van der Waals surface area contributed by atoms with Crippen LogP contribution in [0.25, 0.3) is 0 Å². The lowest BCUT2D eigenvalue weighted by atomic mass is 9.84. The molecule has 0 radical (unpaired) electrons. The predicted octanol–water partition coefficient (Wildman–Crippen LogP) is 5.24. The molecule has 94 valence electrons. The fourth-order valence-electron chi connectivity index (χ4n) is 3.08. The van der Waals surface area contributed by atoms with Crippen molar-refractivity contribution in [3.8, 4) is 0 Å². The van der Waals surface area contributed by atoms with E-state index in [1.54, 1.807) is 0 Å². The summed E-state index contributed by atoms with van der Waals surface area (Å²) in [6, 6.07) is 0. The molecule has 0 saturated heterocycles. The maximum absolute atomic E-state index is 6.57. The van der Waals surface area contributed by atoms with Crippen molar-refractivity contribution in [3.63, 3.8) is 0 Å². The van der Waals surface area contributed by atoms with Crippen LogP contribution >= 0.6 is 81.2 Å². The normalized spacial score (nSPS) is 54.6. The second kappa shape index (κ2) is 3.58. The third-order valence-corrected chi connectivity index (χ3v) is 8.61. The van der Waals surface area contributed by atoms with E-state index in [0.29, 0.717) is 0 Å². The van der Waals surface area contributed by atoms with Gasteiger partial charge in [-0.25, -0.2) is 0 Å². The van der Waals surface area contributed by atoms with Crippen LogP contribution in [0.5, 0.6) is 0 Å². The fraction of sp³-hybridized carbons (Fsp3) is 0.600. The number of halogens is 7. The number of hydrogen-bond acceptors (Lipinski definition) is 0. The van der Waals surface area contributed by atoms with Gasteiger partial charge in [-0.05, 0) is 0 Å². The summed E-state index contributed by atoms with van der Waals surface area (Å²) in [5.41, 5.74) is 0. The van der Waals surface area contributed by atoms with E-state index in [4.69, 9.17) is 81.2 Å². The largest absolute Gasteiger partial charge is 0.167 e. The van der Waals surface area contributed by atoms with Crippen LogP contribution in [-0.2, 0) is 0 Å². The quantitative estimate of drug-likeness (QED) is 0.402. The zero-order chi connectivity index (χ0) is 12.8. The van der Waals surface area contributed by atoms with E-state index >= 15 is 0 Å². The summed E-state index contributed by atoms with van der Waals surface area (Å²) in [5, 5.41) is 0.113. The van der Waals surface area contributed by atoms with Gasteiger partial charge in [0, 0.05) is 11.8 Å². The second-order valence-corrected chi connectivity index (χ2v) is 8.29. The summed E-state index contributed by atoms with van der Waals surface area (Å²) in [6.45, 7) is 0. The Hall–Kier alpha value is 1.51. The van der Waals surface area contributed by atoms with Gasteiger partial charge in [-0.15, -0.1) is 34.8 Å². The molecule has 3 rings (SSSR count). The Labute approximate surface area is 134 Å². The van der Waals surface area contributed by atoms with Crippen molar-refractivity contribution in [1.29, 1.82) is 0 Å². The predicted molar refractivity (Wildman–Crippen MR) is 76.1 cm³/mol. The number of hydrogen-bond donors (Lipinski definition) is 0. The van der Waals surface area contributed by atoms with Crippen molar-refractivity contribution in [3.05, 3.63) is 22.2 Å². The molecular formula is C10H5Cl7. The summed E-state index contributed by atoms with van der Waals surface area (Å²) < 4.78 is -1.48. The Kier molecular flexibility index (Phi) is 2.84. The van der Waals surface area contributed by atoms with Gasteiger partial charge in [-0.3, -0.25) is 0 Å². The van der Waals surface area contributed by atoms with Crippen molar-refractivity contribution in [1.82, 2.24) is 0 Å². The molecule has 0 aromatic carbocycles. The molecule has 2 bridgehead atoms. The zero-order valence-corrected chi connectivity index (χ0v) is 13.3. The average molecular weight is 373 g/mol. The van der Waals surface area contributed by atoms with Crippen molar-refractivity contribution in [2.75, 3.05) is 0 Å². The van der Waals surface area contributed by atoms with E-state index in [1.807, 2.05) is 12.2 Å². The van der Waals surface area contributed by atoms with Crippen molar-refractivity contribution < 1.29 is 0 Å². The maximum atomic E-state index is 6.57. The molecule has 0 aromatic rings. The minimum Gasteiger partial charge on any atom is -0.118 e. The molecule has 1 fully saturated rings. The summed E-state index contributed by atoms with van der Waals surface area (Å²) in [7, 11) is 0. The van der Waals surface area contributed by atoms with Crippen LogP contribution in [0.15, 0.2) is 22.2 Å². The molecule has 1 saturated carbocycles. The first-order valence-electron chi connectivity index (χ1n) is 4.85. The molecule has 0 nitrogen and oxygen atoms in total. The van der Waals surface area contributed by atoms with E-state index in [-0.39, 0.29) is 27.3 Å². The lowest BCUT2D eigenvalue weighted by Gasteiger charge is -2.34. The van der Waals surface area contributed by atoms with Crippen LogP contribution < -0.4 is 0 Å². The first kappa shape index (κ1) is 13.5. The first-order chi connectivity index (χ1) is 7.70. The van der Waals surface area contributed by atoms with Gasteiger partial charge in [-0.1, -0.05) is 58.6 Å². The first-order valence-corrected chi connectivity index (χ1v) is 7.55. The standard InChI is InChI=1S/C10H5Cl7/c11-4-2-1-3-5(4)9(15)7(13)6(12)8(3,14)10(9,16)17/h1-5H/t3-,4+,5-,8-,9+/m0/s1. The SMILES string of the molecule is ClC1=C(Cl)[C@]2(Cl)[C@@H]3[C@H](Cl)C=C[C@@H]3[C@@]1(Cl)C2(Cl)Cl. The highest BCUT2D eigenvalue weighted by Crippen LogP contribution is 2.78. The molecule has 0 amide bonds. The Morgan fingerprint density at radius 3 is 2.00 bits per heavy atom. The third-order valence-electron chi connectivity index (χ3n) is 3.90. The van der Waals surface area contributed by atoms with Crippen molar-refractivity contribution in [2.24, 2.45) is 11.8 Å². The van der Waals surface area contributed by atoms with Crippen LogP contribution in [-0.4, -0.2) is 19.5 Å². The van der Waals surface area contributed by atoms with Crippen LogP contribution in [0.4, 0.5) is 0 Å². The third kappa shape index (κ3) is 1.15. The van der Waals surface area contributed by atoms with Crippen LogP contribution in [0.1, 0.15) is 0 Å².